The molecule has 4 heteroatoms. The molecule has 0 unspecified atom stereocenters. The van der Waals surface area contributed by atoms with Crippen LogP contribution in [-0.4, -0.2) is 55.0 Å². The molecule has 0 radical (unpaired) electrons. The normalized spacial score (nSPS) is 20.5. The minimum atomic E-state index is 0.157. The van der Waals surface area contributed by atoms with Crippen molar-refractivity contribution >= 4 is 12.0 Å². The summed E-state index contributed by atoms with van der Waals surface area (Å²) in [6.07, 6.45) is 7.74. The second kappa shape index (κ2) is 9.86. The highest BCUT2D eigenvalue weighted by Crippen LogP contribution is 2.29. The molecular formula is C25H31N3O. The van der Waals surface area contributed by atoms with Crippen LogP contribution in [0.3, 0.4) is 0 Å². The van der Waals surface area contributed by atoms with Crippen LogP contribution in [0.25, 0.3) is 6.08 Å². The Morgan fingerprint density at radius 1 is 0.966 bits per heavy atom. The number of rotatable bonds is 6. The number of nitrogens with zero attached hydrogens (tertiary/aromatic N) is 2. The van der Waals surface area contributed by atoms with E-state index in [9.17, 15) is 4.79 Å². The molecule has 1 heterocycles. The minimum absolute atomic E-state index is 0.157. The van der Waals surface area contributed by atoms with Gasteiger partial charge in [0, 0.05) is 32.7 Å². The van der Waals surface area contributed by atoms with Gasteiger partial charge in [-0.3, -0.25) is 14.6 Å². The predicted octanol–water partition coefficient (Wildman–Crippen LogP) is 3.51. The Balaban J connectivity index is 1.20. The summed E-state index contributed by atoms with van der Waals surface area (Å²) in [5, 5.41) is 3.28. The fourth-order valence-corrected chi connectivity index (χ4v) is 4.38. The van der Waals surface area contributed by atoms with E-state index < -0.39 is 0 Å². The van der Waals surface area contributed by atoms with Gasteiger partial charge in [-0.25, -0.2) is 0 Å². The van der Waals surface area contributed by atoms with E-state index in [1.165, 1.54) is 16.7 Å². The van der Waals surface area contributed by atoms with Crippen molar-refractivity contribution in [2.45, 2.75) is 25.3 Å². The molecule has 1 saturated heterocycles. The van der Waals surface area contributed by atoms with Crippen molar-refractivity contribution in [3.63, 3.8) is 0 Å². The number of hydrogen-bond acceptors (Lipinski definition) is 3. The van der Waals surface area contributed by atoms with Crippen molar-refractivity contribution in [1.29, 1.82) is 0 Å². The molecule has 1 amide bonds. The van der Waals surface area contributed by atoms with Crippen LogP contribution in [0.4, 0.5) is 0 Å². The van der Waals surface area contributed by atoms with Crippen LogP contribution in [0, 0.1) is 0 Å². The predicted molar refractivity (Wildman–Crippen MR) is 119 cm³/mol. The summed E-state index contributed by atoms with van der Waals surface area (Å²) in [6.45, 7) is 5.40. The monoisotopic (exact) mass is 389 g/mol. The zero-order valence-corrected chi connectivity index (χ0v) is 17.1. The number of amides is 1. The lowest BCUT2D eigenvalue weighted by molar-refractivity contribution is -0.123. The molecule has 0 bridgehead atoms. The van der Waals surface area contributed by atoms with Gasteiger partial charge in [0.15, 0.2) is 0 Å². The molecule has 4 rings (SSSR count). The van der Waals surface area contributed by atoms with Crippen molar-refractivity contribution in [3.8, 4) is 0 Å². The maximum atomic E-state index is 12.6. The summed E-state index contributed by atoms with van der Waals surface area (Å²) < 4.78 is 0. The molecule has 1 atom stereocenters. The molecule has 0 saturated carbocycles. The summed E-state index contributed by atoms with van der Waals surface area (Å²) >= 11 is 0. The highest BCUT2D eigenvalue weighted by Gasteiger charge is 2.23. The lowest BCUT2D eigenvalue weighted by Gasteiger charge is -2.34. The van der Waals surface area contributed by atoms with Crippen LogP contribution in [0.1, 0.15) is 35.6 Å². The molecular weight excluding hydrogens is 358 g/mol. The fourth-order valence-electron chi connectivity index (χ4n) is 4.38. The summed E-state index contributed by atoms with van der Waals surface area (Å²) in [7, 11) is 0. The Hall–Kier alpha value is -2.43. The van der Waals surface area contributed by atoms with Gasteiger partial charge in [-0.1, -0.05) is 66.7 Å². The van der Waals surface area contributed by atoms with Gasteiger partial charge in [0.1, 0.15) is 0 Å². The molecule has 1 aliphatic carbocycles. The minimum Gasteiger partial charge on any atom is -0.348 e. The van der Waals surface area contributed by atoms with Gasteiger partial charge < -0.3 is 5.32 Å². The Morgan fingerprint density at radius 2 is 1.69 bits per heavy atom. The Kier molecular flexibility index (Phi) is 6.75. The second-order valence-electron chi connectivity index (χ2n) is 8.10. The van der Waals surface area contributed by atoms with Crippen LogP contribution in [-0.2, 0) is 11.2 Å². The highest BCUT2D eigenvalue weighted by atomic mass is 16.2. The summed E-state index contributed by atoms with van der Waals surface area (Å²) in [4.78, 5) is 17.4. The quantitative estimate of drug-likeness (QED) is 0.821. The zero-order chi connectivity index (χ0) is 19.9. The van der Waals surface area contributed by atoms with E-state index in [2.05, 4.69) is 75.8 Å². The van der Waals surface area contributed by atoms with Gasteiger partial charge in [-0.2, -0.15) is 0 Å². The Morgan fingerprint density at radius 3 is 2.52 bits per heavy atom. The van der Waals surface area contributed by atoms with Crippen molar-refractivity contribution < 1.29 is 4.79 Å². The third kappa shape index (κ3) is 5.55. The number of hydrogen-bond donors (Lipinski definition) is 1. The van der Waals surface area contributed by atoms with Gasteiger partial charge in [-0.15, -0.1) is 0 Å². The molecule has 1 aliphatic heterocycles. The maximum Gasteiger partial charge on any atom is 0.234 e. The average molecular weight is 390 g/mol. The second-order valence-corrected chi connectivity index (χ2v) is 8.10. The number of nitrogens with one attached hydrogen (secondary N) is 1. The largest absolute Gasteiger partial charge is 0.348 e. The average Bonchev–Trinajstić information content (AvgIpc) is 2.76. The number of piperazine rings is 1. The van der Waals surface area contributed by atoms with Crippen molar-refractivity contribution in [3.05, 3.63) is 77.4 Å². The van der Waals surface area contributed by atoms with Crippen LogP contribution < -0.4 is 5.32 Å². The lowest BCUT2D eigenvalue weighted by atomic mass is 9.88. The first-order valence-electron chi connectivity index (χ1n) is 10.8. The summed E-state index contributed by atoms with van der Waals surface area (Å²) in [6, 6.07) is 19.1. The molecule has 2 aromatic carbocycles. The first kappa shape index (κ1) is 19.9. The van der Waals surface area contributed by atoms with E-state index in [1.807, 2.05) is 6.07 Å². The molecule has 1 fully saturated rings. The standard InChI is InChI=1S/C25H31N3O/c29-25(26-24-14-6-12-22-11-4-5-13-23(22)24)20-28-18-16-27(17-19-28)15-7-10-21-8-2-1-3-9-21/h1-5,7-11,13,24H,6,12,14-20H2,(H,26,29)/b10-7+/t24-/m1/s1. The zero-order valence-electron chi connectivity index (χ0n) is 17.1. The van der Waals surface area contributed by atoms with Crippen molar-refractivity contribution in [2.75, 3.05) is 39.3 Å². The number of aryl methyl sites for hydroxylation is 1. The molecule has 0 spiro atoms. The number of benzene rings is 2. The van der Waals surface area contributed by atoms with Crippen LogP contribution in [0.2, 0.25) is 0 Å². The highest BCUT2D eigenvalue weighted by molar-refractivity contribution is 5.78. The Bertz CT molecular complexity index is 825. The topological polar surface area (TPSA) is 35.6 Å². The van der Waals surface area contributed by atoms with E-state index in [1.54, 1.807) is 0 Å². The van der Waals surface area contributed by atoms with Gasteiger partial charge in [-0.05, 0) is 36.0 Å². The van der Waals surface area contributed by atoms with E-state index in [4.69, 9.17) is 0 Å². The van der Waals surface area contributed by atoms with Gasteiger partial charge in [0.2, 0.25) is 5.91 Å². The van der Waals surface area contributed by atoms with Crippen molar-refractivity contribution in [2.24, 2.45) is 0 Å². The molecule has 29 heavy (non-hydrogen) atoms. The third-order valence-corrected chi connectivity index (χ3v) is 6.01. The first-order chi connectivity index (χ1) is 14.3. The van der Waals surface area contributed by atoms with Gasteiger partial charge in [0.05, 0.1) is 12.6 Å². The van der Waals surface area contributed by atoms with E-state index in [0.717, 1.165) is 52.0 Å². The van der Waals surface area contributed by atoms with E-state index in [-0.39, 0.29) is 11.9 Å². The number of carbonyl (C=O) groups is 1. The summed E-state index contributed by atoms with van der Waals surface area (Å²) in [5.41, 5.74) is 3.94. The molecule has 1 N–H and O–H groups in total. The van der Waals surface area contributed by atoms with Crippen LogP contribution in [0.15, 0.2) is 60.7 Å². The van der Waals surface area contributed by atoms with Crippen LogP contribution in [0.5, 0.6) is 0 Å². The molecule has 4 nitrogen and oxygen atoms in total. The smallest absolute Gasteiger partial charge is 0.234 e. The Labute approximate surface area is 174 Å². The maximum absolute atomic E-state index is 12.6. The molecule has 152 valence electrons. The summed E-state index contributed by atoms with van der Waals surface area (Å²) in [5.74, 6) is 0.157. The van der Waals surface area contributed by atoms with Gasteiger partial charge >= 0.3 is 0 Å². The van der Waals surface area contributed by atoms with Crippen molar-refractivity contribution in [1.82, 2.24) is 15.1 Å². The third-order valence-electron chi connectivity index (χ3n) is 6.01. The molecule has 0 aromatic heterocycles. The van der Waals surface area contributed by atoms with Crippen LogP contribution >= 0.6 is 0 Å². The molecule has 2 aliphatic rings. The first-order valence-corrected chi connectivity index (χ1v) is 10.8. The number of carbonyl (C=O) groups excluding carboxylic acids is 1. The fraction of sp³-hybridized carbons (Fsp3) is 0.400. The lowest BCUT2D eigenvalue weighted by Crippen LogP contribution is -2.49. The van der Waals surface area contributed by atoms with E-state index in [0.29, 0.717) is 6.54 Å². The van der Waals surface area contributed by atoms with Gasteiger partial charge in [0.25, 0.3) is 0 Å². The molecule has 2 aromatic rings. The SMILES string of the molecule is O=C(CN1CCN(C/C=C/c2ccccc2)CC1)N[C@@H]1CCCc2ccccc21. The van der Waals surface area contributed by atoms with E-state index >= 15 is 0 Å². The number of fused-ring (bicyclic) bond motifs is 1.